The third-order valence-electron chi connectivity index (χ3n) is 3.67. The van der Waals surface area contributed by atoms with Crippen LogP contribution in [0.15, 0.2) is 52.8 Å². The first-order valence-corrected chi connectivity index (χ1v) is 9.48. The number of ether oxygens (including phenoxy) is 1. The van der Waals surface area contributed by atoms with Gasteiger partial charge < -0.3 is 20.3 Å². The zero-order valence-electron chi connectivity index (χ0n) is 15.6. The normalized spacial score (nSPS) is 12.4. The minimum atomic E-state index is 0. The molecule has 1 atom stereocenters. The molecule has 2 rings (SSSR count). The highest BCUT2D eigenvalue weighted by Gasteiger charge is 2.14. The van der Waals surface area contributed by atoms with Gasteiger partial charge in [-0.15, -0.1) is 35.3 Å². The molecule has 0 saturated heterocycles. The Morgan fingerprint density at radius 3 is 2.54 bits per heavy atom. The number of hydrogen-bond acceptors (Lipinski definition) is 4. The van der Waals surface area contributed by atoms with Crippen LogP contribution < -0.4 is 15.4 Å². The minimum absolute atomic E-state index is 0. The number of aliphatic imine (C=N–C) groups is 1. The fourth-order valence-corrected chi connectivity index (χ4v) is 3.28. The molecular formula is C19H29IN4OS. The molecule has 1 heterocycles. The molecule has 2 aromatic rings. The predicted molar refractivity (Wildman–Crippen MR) is 122 cm³/mol. The predicted octanol–water partition coefficient (Wildman–Crippen LogP) is 3.60. The number of para-hydroxylation sites is 1. The first-order valence-electron chi connectivity index (χ1n) is 8.60. The number of hydrogen-bond donors (Lipinski definition) is 2. The largest absolute Gasteiger partial charge is 0.492 e. The molecule has 144 valence electrons. The van der Waals surface area contributed by atoms with E-state index in [4.69, 9.17) is 9.73 Å². The van der Waals surface area contributed by atoms with Crippen LogP contribution in [-0.2, 0) is 0 Å². The second-order valence-corrected chi connectivity index (χ2v) is 6.78. The third kappa shape index (κ3) is 7.92. The molecule has 0 bridgehead atoms. The Kier molecular flexibility index (Phi) is 11.3. The van der Waals surface area contributed by atoms with Gasteiger partial charge in [-0.2, -0.15) is 0 Å². The zero-order valence-corrected chi connectivity index (χ0v) is 18.8. The van der Waals surface area contributed by atoms with Crippen molar-refractivity contribution in [1.29, 1.82) is 0 Å². The summed E-state index contributed by atoms with van der Waals surface area (Å²) in [5.74, 6) is 1.71. The number of halogens is 1. The number of guanidine groups is 1. The fourth-order valence-electron chi connectivity index (χ4n) is 2.36. The van der Waals surface area contributed by atoms with Crippen molar-refractivity contribution in [3.8, 4) is 5.75 Å². The number of rotatable bonds is 9. The van der Waals surface area contributed by atoms with E-state index in [1.165, 1.54) is 4.88 Å². The Labute approximate surface area is 177 Å². The topological polar surface area (TPSA) is 48.9 Å². The van der Waals surface area contributed by atoms with E-state index in [1.807, 2.05) is 30.3 Å². The van der Waals surface area contributed by atoms with Crippen LogP contribution in [0.4, 0.5) is 0 Å². The maximum absolute atomic E-state index is 5.71. The van der Waals surface area contributed by atoms with Gasteiger partial charge in [0, 0.05) is 11.4 Å². The first-order chi connectivity index (χ1) is 12.2. The number of benzene rings is 1. The van der Waals surface area contributed by atoms with Gasteiger partial charge in [-0.25, -0.2) is 0 Å². The van der Waals surface area contributed by atoms with Crippen LogP contribution in [-0.4, -0.2) is 51.2 Å². The van der Waals surface area contributed by atoms with E-state index in [9.17, 15) is 0 Å². The maximum Gasteiger partial charge on any atom is 0.191 e. The third-order valence-corrected chi connectivity index (χ3v) is 4.64. The van der Waals surface area contributed by atoms with Gasteiger partial charge in [-0.1, -0.05) is 24.3 Å². The van der Waals surface area contributed by atoms with Crippen molar-refractivity contribution in [2.75, 3.05) is 40.3 Å². The lowest BCUT2D eigenvalue weighted by Gasteiger charge is -2.22. The van der Waals surface area contributed by atoms with Gasteiger partial charge in [0.1, 0.15) is 12.4 Å². The van der Waals surface area contributed by atoms with Crippen molar-refractivity contribution in [2.24, 2.45) is 4.99 Å². The average Bonchev–Trinajstić information content (AvgIpc) is 3.13. The molecule has 0 radical (unpaired) electrons. The molecule has 0 aliphatic heterocycles. The zero-order chi connectivity index (χ0) is 17.9. The summed E-state index contributed by atoms with van der Waals surface area (Å²) in [6.07, 6.45) is 0. The molecule has 0 aliphatic rings. The number of nitrogens with one attached hydrogen (secondary N) is 2. The molecular weight excluding hydrogens is 459 g/mol. The molecule has 0 saturated carbocycles. The number of nitrogens with zero attached hydrogens (tertiary/aromatic N) is 2. The van der Waals surface area contributed by atoms with Crippen molar-refractivity contribution in [1.82, 2.24) is 15.5 Å². The number of likely N-dealkylation sites (N-methyl/N-ethyl adjacent to an activating group) is 1. The monoisotopic (exact) mass is 488 g/mol. The van der Waals surface area contributed by atoms with E-state index in [1.54, 1.807) is 11.3 Å². The highest BCUT2D eigenvalue weighted by atomic mass is 127. The van der Waals surface area contributed by atoms with E-state index in [0.717, 1.165) is 18.3 Å². The summed E-state index contributed by atoms with van der Waals surface area (Å²) in [7, 11) is 4.18. The molecule has 2 N–H and O–H groups in total. The molecule has 5 nitrogen and oxygen atoms in total. The van der Waals surface area contributed by atoms with Gasteiger partial charge in [-0.05, 0) is 44.6 Å². The van der Waals surface area contributed by atoms with E-state index in [-0.39, 0.29) is 30.0 Å². The Morgan fingerprint density at radius 2 is 1.92 bits per heavy atom. The Hall–Kier alpha value is -1.32. The number of thiophene rings is 1. The van der Waals surface area contributed by atoms with Gasteiger partial charge in [0.15, 0.2) is 5.96 Å². The van der Waals surface area contributed by atoms with Crippen molar-refractivity contribution < 1.29 is 4.74 Å². The highest BCUT2D eigenvalue weighted by molar-refractivity contribution is 14.0. The van der Waals surface area contributed by atoms with Gasteiger partial charge in [0.2, 0.25) is 0 Å². The van der Waals surface area contributed by atoms with Crippen molar-refractivity contribution in [3.63, 3.8) is 0 Å². The quantitative estimate of drug-likeness (QED) is 0.245. The molecule has 0 fully saturated rings. The summed E-state index contributed by atoms with van der Waals surface area (Å²) in [5.41, 5.74) is 0. The summed E-state index contributed by atoms with van der Waals surface area (Å²) in [6.45, 7) is 4.91. The molecule has 0 aliphatic carbocycles. The standard InChI is InChI=1S/C19H28N4OS.HI/c1-4-20-19(21-12-13-24-16-9-6-5-7-10-16)22-15-17(23(2)3)18-11-8-14-25-18;/h5-11,14,17H,4,12-13,15H2,1-3H3,(H2,20,21,22);1H. The molecule has 26 heavy (non-hydrogen) atoms. The van der Waals surface area contributed by atoms with Gasteiger partial charge >= 0.3 is 0 Å². The lowest BCUT2D eigenvalue weighted by molar-refractivity contribution is 0.309. The molecule has 0 amide bonds. The van der Waals surface area contributed by atoms with Crippen LogP contribution in [0.1, 0.15) is 17.8 Å². The second-order valence-electron chi connectivity index (χ2n) is 5.80. The summed E-state index contributed by atoms with van der Waals surface area (Å²) in [4.78, 5) is 8.28. The van der Waals surface area contributed by atoms with Gasteiger partial charge in [0.25, 0.3) is 0 Å². The van der Waals surface area contributed by atoms with E-state index in [2.05, 4.69) is 54.1 Å². The maximum atomic E-state index is 5.71. The van der Waals surface area contributed by atoms with Crippen LogP contribution in [0, 0.1) is 0 Å². The highest BCUT2D eigenvalue weighted by Crippen LogP contribution is 2.23. The van der Waals surface area contributed by atoms with E-state index >= 15 is 0 Å². The van der Waals surface area contributed by atoms with E-state index in [0.29, 0.717) is 19.7 Å². The van der Waals surface area contributed by atoms with Crippen LogP contribution in [0.5, 0.6) is 5.75 Å². The summed E-state index contributed by atoms with van der Waals surface area (Å²) >= 11 is 1.77. The average molecular weight is 488 g/mol. The van der Waals surface area contributed by atoms with Crippen molar-refractivity contribution in [2.45, 2.75) is 13.0 Å². The fraction of sp³-hybridized carbons (Fsp3) is 0.421. The summed E-state index contributed by atoms with van der Waals surface area (Å²) in [6, 6.07) is 14.4. The lowest BCUT2D eigenvalue weighted by atomic mass is 10.2. The summed E-state index contributed by atoms with van der Waals surface area (Å²) in [5, 5.41) is 8.73. The molecule has 0 spiro atoms. The Morgan fingerprint density at radius 1 is 1.15 bits per heavy atom. The smallest absolute Gasteiger partial charge is 0.191 e. The Bertz CT molecular complexity index is 620. The van der Waals surface area contributed by atoms with Gasteiger partial charge in [-0.3, -0.25) is 4.99 Å². The molecule has 1 aromatic heterocycles. The Balaban J connectivity index is 0.00000338. The lowest BCUT2D eigenvalue weighted by Crippen LogP contribution is -2.40. The van der Waals surface area contributed by atoms with Crippen LogP contribution >= 0.6 is 35.3 Å². The van der Waals surface area contributed by atoms with Gasteiger partial charge in [0.05, 0.1) is 19.1 Å². The molecule has 1 unspecified atom stereocenters. The van der Waals surface area contributed by atoms with Crippen molar-refractivity contribution in [3.05, 3.63) is 52.7 Å². The second kappa shape index (κ2) is 12.9. The molecule has 1 aromatic carbocycles. The molecule has 7 heteroatoms. The van der Waals surface area contributed by atoms with Crippen LogP contribution in [0.3, 0.4) is 0 Å². The van der Waals surface area contributed by atoms with Crippen LogP contribution in [0.25, 0.3) is 0 Å². The minimum Gasteiger partial charge on any atom is -0.492 e. The first kappa shape index (κ1) is 22.7. The van der Waals surface area contributed by atoms with Crippen molar-refractivity contribution >= 4 is 41.3 Å². The SMILES string of the molecule is CCNC(=NCC(c1cccs1)N(C)C)NCCOc1ccccc1.I. The van der Waals surface area contributed by atoms with Crippen LogP contribution in [0.2, 0.25) is 0 Å². The summed E-state index contributed by atoms with van der Waals surface area (Å²) < 4.78 is 5.71. The van der Waals surface area contributed by atoms with E-state index < -0.39 is 0 Å².